The van der Waals surface area contributed by atoms with Crippen LogP contribution in [0, 0.1) is 0 Å². The van der Waals surface area contributed by atoms with Gasteiger partial charge in [0.25, 0.3) is 0 Å². The Labute approximate surface area is 230 Å². The Kier molecular flexibility index (Phi) is 9.74. The Morgan fingerprint density at radius 2 is 1.36 bits per heavy atom. The maximum absolute atomic E-state index is 12.7. The molecule has 1 aliphatic heterocycles. The van der Waals surface area contributed by atoms with E-state index in [1.165, 1.54) is 28.4 Å². The van der Waals surface area contributed by atoms with Crippen LogP contribution >= 0.6 is 0 Å². The second-order valence-electron chi connectivity index (χ2n) is 9.93. The van der Waals surface area contributed by atoms with Gasteiger partial charge in [-0.3, -0.25) is 4.99 Å². The van der Waals surface area contributed by atoms with Gasteiger partial charge in [0.05, 0.1) is 28.4 Å². The molecule has 1 heterocycles. The minimum Gasteiger partial charge on any atom is -0.493 e. The molecule has 0 aliphatic carbocycles. The molecule has 9 nitrogen and oxygen atoms in total. The molecule has 2 unspecified atom stereocenters. The third-order valence-electron chi connectivity index (χ3n) is 7.43. The Hall–Kier alpha value is -3.43. The number of nitrogens with zero attached hydrogens (tertiary/aromatic N) is 1. The summed E-state index contributed by atoms with van der Waals surface area (Å²) in [6.45, 7) is 4.03. The molecule has 0 radical (unpaired) electrons. The Bertz CT molecular complexity index is 1240. The van der Waals surface area contributed by atoms with E-state index in [-0.39, 0.29) is 12.8 Å². The van der Waals surface area contributed by atoms with Crippen LogP contribution in [-0.2, 0) is 54.2 Å². The van der Waals surface area contributed by atoms with Gasteiger partial charge in [0.15, 0.2) is 22.7 Å². The predicted octanol–water partition coefficient (Wildman–Crippen LogP) is 3.53. The number of aliphatic imine (C=N–C) groups is 1. The minimum absolute atomic E-state index is 0.226. The van der Waals surface area contributed by atoms with Crippen molar-refractivity contribution in [1.82, 2.24) is 0 Å². The first-order valence-corrected chi connectivity index (χ1v) is 12.7. The van der Waals surface area contributed by atoms with Crippen LogP contribution in [0.1, 0.15) is 41.7 Å². The van der Waals surface area contributed by atoms with E-state index < -0.39 is 23.1 Å². The number of hydrogen-bond donors (Lipinski definition) is 0. The third-order valence-corrected chi connectivity index (χ3v) is 7.43. The van der Waals surface area contributed by atoms with Crippen molar-refractivity contribution in [3.63, 3.8) is 0 Å². The maximum Gasteiger partial charge on any atom is 0.338 e. The molecule has 0 amide bonds. The van der Waals surface area contributed by atoms with Gasteiger partial charge in [0.2, 0.25) is 0 Å². The number of methoxy groups -OCH3 is 6. The standard InChI is InChI=1S/C30H39NO8/c1-29(38-7,27(32)36-5)17-21-15-20-11-12-31-24(13-19-9-10-25(34-3)26(14-19)35-4)23(20)16-22(21)18-30(2,39-8)28(33)37-6/h9-10,14-16H,11-13,17-18H2,1-8H3. The summed E-state index contributed by atoms with van der Waals surface area (Å²) in [5.41, 5.74) is 3.31. The lowest BCUT2D eigenvalue weighted by Gasteiger charge is -2.30. The van der Waals surface area contributed by atoms with Gasteiger partial charge in [-0.05, 0) is 66.3 Å². The number of benzene rings is 2. The highest BCUT2D eigenvalue weighted by Gasteiger charge is 2.39. The van der Waals surface area contributed by atoms with Crippen molar-refractivity contribution in [3.05, 3.63) is 58.1 Å². The van der Waals surface area contributed by atoms with E-state index in [2.05, 4.69) is 12.1 Å². The molecule has 2 atom stereocenters. The molecule has 0 fully saturated rings. The molecule has 2 aromatic carbocycles. The van der Waals surface area contributed by atoms with Gasteiger partial charge in [-0.25, -0.2) is 9.59 Å². The van der Waals surface area contributed by atoms with Crippen molar-refractivity contribution in [1.29, 1.82) is 0 Å². The average molecular weight is 542 g/mol. The second-order valence-corrected chi connectivity index (χ2v) is 9.93. The van der Waals surface area contributed by atoms with Crippen LogP contribution in [0.15, 0.2) is 35.3 Å². The number of carbonyl (C=O) groups is 2. The number of rotatable bonds is 12. The minimum atomic E-state index is -1.23. The first-order valence-electron chi connectivity index (χ1n) is 12.7. The summed E-state index contributed by atoms with van der Waals surface area (Å²) in [6.07, 6.45) is 1.81. The molecule has 0 saturated heterocycles. The Balaban J connectivity index is 2.10. The summed E-state index contributed by atoms with van der Waals surface area (Å²) >= 11 is 0. The van der Waals surface area contributed by atoms with Crippen LogP contribution in [-0.4, -0.2) is 78.1 Å². The first kappa shape index (κ1) is 30.1. The molecule has 3 rings (SSSR count). The number of hydrogen-bond acceptors (Lipinski definition) is 9. The molecule has 0 saturated carbocycles. The third kappa shape index (κ3) is 6.42. The molecule has 39 heavy (non-hydrogen) atoms. The van der Waals surface area contributed by atoms with Gasteiger partial charge in [-0.2, -0.15) is 0 Å². The SMILES string of the molecule is COC(=O)C(C)(Cc1cc2c(cc1CC(C)(OC)C(=O)OC)C(Cc1ccc(OC)c(OC)c1)=NCC2)OC. The second kappa shape index (κ2) is 12.6. The van der Waals surface area contributed by atoms with Crippen molar-refractivity contribution in [2.45, 2.75) is 50.7 Å². The number of carbonyl (C=O) groups excluding carboxylic acids is 2. The number of fused-ring (bicyclic) bond motifs is 1. The zero-order chi connectivity index (χ0) is 28.8. The zero-order valence-electron chi connectivity index (χ0n) is 24.1. The van der Waals surface area contributed by atoms with Gasteiger partial charge in [-0.1, -0.05) is 12.1 Å². The molecule has 1 aliphatic rings. The molecule has 2 aromatic rings. The van der Waals surface area contributed by atoms with Gasteiger partial charge >= 0.3 is 11.9 Å². The fourth-order valence-corrected chi connectivity index (χ4v) is 4.89. The van der Waals surface area contributed by atoms with Crippen molar-refractivity contribution >= 4 is 17.7 Å². The van der Waals surface area contributed by atoms with E-state index >= 15 is 0 Å². The summed E-state index contributed by atoms with van der Waals surface area (Å²) in [6, 6.07) is 9.96. The summed E-state index contributed by atoms with van der Waals surface area (Å²) in [7, 11) is 8.85. The van der Waals surface area contributed by atoms with Crippen molar-refractivity contribution in [2.75, 3.05) is 49.2 Å². The smallest absolute Gasteiger partial charge is 0.338 e. The average Bonchev–Trinajstić information content (AvgIpc) is 2.96. The van der Waals surface area contributed by atoms with E-state index in [1.807, 2.05) is 18.2 Å². The molecule has 0 N–H and O–H groups in total. The molecule has 0 spiro atoms. The van der Waals surface area contributed by atoms with Gasteiger partial charge in [0.1, 0.15) is 0 Å². The normalized spacial score (nSPS) is 15.7. The van der Waals surface area contributed by atoms with E-state index in [9.17, 15) is 9.59 Å². The first-order chi connectivity index (χ1) is 18.6. The van der Waals surface area contributed by atoms with Gasteiger partial charge < -0.3 is 28.4 Å². The Morgan fingerprint density at radius 3 is 1.87 bits per heavy atom. The molecule has 0 aromatic heterocycles. The Morgan fingerprint density at radius 1 is 0.795 bits per heavy atom. The van der Waals surface area contributed by atoms with Crippen LogP contribution in [0.4, 0.5) is 0 Å². The van der Waals surface area contributed by atoms with E-state index in [0.29, 0.717) is 24.5 Å². The van der Waals surface area contributed by atoms with Crippen LogP contribution in [0.25, 0.3) is 0 Å². The quantitative estimate of drug-likeness (QED) is 0.376. The van der Waals surface area contributed by atoms with Crippen molar-refractivity contribution < 1.29 is 38.0 Å². The molecule has 0 bridgehead atoms. The maximum atomic E-state index is 12.7. The zero-order valence-corrected chi connectivity index (χ0v) is 24.1. The monoisotopic (exact) mass is 541 g/mol. The van der Waals surface area contributed by atoms with Gasteiger partial charge in [0, 0.05) is 45.7 Å². The molecular weight excluding hydrogens is 502 g/mol. The van der Waals surface area contributed by atoms with Crippen LogP contribution in [0.5, 0.6) is 11.5 Å². The highest BCUT2D eigenvalue weighted by Crippen LogP contribution is 2.32. The number of esters is 2. The number of ether oxygens (including phenoxy) is 6. The van der Waals surface area contributed by atoms with Crippen LogP contribution in [0.2, 0.25) is 0 Å². The largest absolute Gasteiger partial charge is 0.493 e. The molecular formula is C30H39NO8. The predicted molar refractivity (Wildman–Crippen MR) is 147 cm³/mol. The van der Waals surface area contributed by atoms with Crippen LogP contribution < -0.4 is 9.47 Å². The van der Waals surface area contributed by atoms with Gasteiger partial charge in [-0.15, -0.1) is 0 Å². The summed E-state index contributed by atoms with van der Waals surface area (Å²) in [5.74, 6) is 0.341. The summed E-state index contributed by atoms with van der Waals surface area (Å²) in [5, 5.41) is 0. The highest BCUT2D eigenvalue weighted by molar-refractivity contribution is 6.04. The lowest BCUT2D eigenvalue weighted by molar-refractivity contribution is -0.164. The lowest BCUT2D eigenvalue weighted by atomic mass is 9.82. The van der Waals surface area contributed by atoms with Crippen LogP contribution in [0.3, 0.4) is 0 Å². The highest BCUT2D eigenvalue weighted by atomic mass is 16.6. The van der Waals surface area contributed by atoms with E-state index in [4.69, 9.17) is 33.4 Å². The topological polar surface area (TPSA) is 102 Å². The van der Waals surface area contributed by atoms with E-state index in [0.717, 1.165) is 39.9 Å². The van der Waals surface area contributed by atoms with Crippen molar-refractivity contribution in [2.24, 2.45) is 4.99 Å². The van der Waals surface area contributed by atoms with Crippen molar-refractivity contribution in [3.8, 4) is 11.5 Å². The molecule has 9 heteroatoms. The molecule has 212 valence electrons. The fraction of sp³-hybridized carbons (Fsp3) is 0.500. The summed E-state index contributed by atoms with van der Waals surface area (Å²) in [4.78, 5) is 30.2. The fourth-order valence-electron chi connectivity index (χ4n) is 4.89. The lowest BCUT2D eigenvalue weighted by Crippen LogP contribution is -2.43. The summed E-state index contributed by atoms with van der Waals surface area (Å²) < 4.78 is 32.2. The van der Waals surface area contributed by atoms with E-state index in [1.54, 1.807) is 28.1 Å².